The molecule has 0 saturated carbocycles. The number of nitrogens with zero attached hydrogens (tertiary/aromatic N) is 3. The van der Waals surface area contributed by atoms with E-state index < -0.39 is 5.60 Å². The van der Waals surface area contributed by atoms with Gasteiger partial charge in [0.2, 0.25) is 0 Å². The van der Waals surface area contributed by atoms with Crippen LogP contribution in [-0.2, 0) is 16.0 Å². The summed E-state index contributed by atoms with van der Waals surface area (Å²) >= 11 is 0. The van der Waals surface area contributed by atoms with E-state index in [-0.39, 0.29) is 25.7 Å². The molecule has 0 bridgehead atoms. The van der Waals surface area contributed by atoms with E-state index in [1.54, 1.807) is 4.90 Å². The van der Waals surface area contributed by atoms with E-state index in [0.717, 1.165) is 43.7 Å². The molecule has 1 unspecified atom stereocenters. The molecular weight excluding hydrogens is 346 g/mol. The number of aryl methyl sites for hydroxylation is 2. The predicted octanol–water partition coefficient (Wildman–Crippen LogP) is 1.02. The van der Waals surface area contributed by atoms with Gasteiger partial charge in [-0.1, -0.05) is 6.92 Å². The van der Waals surface area contributed by atoms with Crippen molar-refractivity contribution >= 4 is 5.91 Å². The number of ether oxygens (including phenoxy) is 2. The summed E-state index contributed by atoms with van der Waals surface area (Å²) in [6, 6.07) is 3.75. The Morgan fingerprint density at radius 2 is 2.11 bits per heavy atom. The van der Waals surface area contributed by atoms with Crippen molar-refractivity contribution in [3.8, 4) is 5.75 Å². The van der Waals surface area contributed by atoms with Crippen molar-refractivity contribution in [2.75, 3.05) is 52.5 Å². The van der Waals surface area contributed by atoms with Gasteiger partial charge in [-0.25, -0.2) is 0 Å². The van der Waals surface area contributed by atoms with Crippen LogP contribution in [0.2, 0.25) is 0 Å². The van der Waals surface area contributed by atoms with Crippen LogP contribution in [0, 0.1) is 6.92 Å². The second-order valence-electron chi connectivity index (χ2n) is 7.62. The summed E-state index contributed by atoms with van der Waals surface area (Å²) in [6.45, 7) is 7.87. The summed E-state index contributed by atoms with van der Waals surface area (Å²) in [5.41, 5.74) is 0.756. The van der Waals surface area contributed by atoms with Gasteiger partial charge in [0.05, 0.1) is 25.5 Å². The lowest BCUT2D eigenvalue weighted by Gasteiger charge is -2.34. The molecule has 2 aliphatic rings. The maximum atomic E-state index is 12.7. The average molecular weight is 377 g/mol. The molecule has 2 fully saturated rings. The number of pyridine rings is 1. The van der Waals surface area contributed by atoms with E-state index in [4.69, 9.17) is 9.47 Å². The molecule has 1 amide bonds. The van der Waals surface area contributed by atoms with Crippen LogP contribution in [0.3, 0.4) is 0 Å². The van der Waals surface area contributed by atoms with E-state index in [0.29, 0.717) is 25.4 Å². The molecule has 0 aromatic carbocycles. The first-order valence-corrected chi connectivity index (χ1v) is 9.89. The topological polar surface area (TPSA) is 75.1 Å². The Balaban J connectivity index is 1.59. The normalized spacial score (nSPS) is 24.0. The molecule has 0 spiro atoms. The summed E-state index contributed by atoms with van der Waals surface area (Å²) < 4.78 is 11.3. The van der Waals surface area contributed by atoms with E-state index >= 15 is 0 Å². The molecule has 0 aliphatic carbocycles. The minimum absolute atomic E-state index is 0.0580. The second-order valence-corrected chi connectivity index (χ2v) is 7.62. The second kappa shape index (κ2) is 8.99. The van der Waals surface area contributed by atoms with E-state index in [9.17, 15) is 9.90 Å². The highest BCUT2D eigenvalue weighted by Crippen LogP contribution is 2.20. The minimum Gasteiger partial charge on any atom is -0.482 e. The number of aromatic nitrogens is 1. The first-order chi connectivity index (χ1) is 13.0. The van der Waals surface area contributed by atoms with Gasteiger partial charge in [0, 0.05) is 18.8 Å². The monoisotopic (exact) mass is 377 g/mol. The lowest BCUT2D eigenvalue weighted by molar-refractivity contribution is -0.136. The summed E-state index contributed by atoms with van der Waals surface area (Å²) in [6.07, 6.45) is 3.08. The molecular formula is C20H31N3O4. The van der Waals surface area contributed by atoms with Gasteiger partial charge in [-0.15, -0.1) is 0 Å². The first kappa shape index (κ1) is 20.0. The van der Waals surface area contributed by atoms with Gasteiger partial charge in [-0.3, -0.25) is 9.78 Å². The Morgan fingerprint density at radius 3 is 2.85 bits per heavy atom. The zero-order valence-electron chi connectivity index (χ0n) is 16.4. The Morgan fingerprint density at radius 1 is 1.33 bits per heavy atom. The Hall–Kier alpha value is -1.70. The quantitative estimate of drug-likeness (QED) is 0.798. The highest BCUT2D eigenvalue weighted by atomic mass is 16.5. The highest BCUT2D eigenvalue weighted by molar-refractivity contribution is 5.78. The van der Waals surface area contributed by atoms with Crippen molar-refractivity contribution in [3.63, 3.8) is 0 Å². The number of carbonyl (C=O) groups is 1. The lowest BCUT2D eigenvalue weighted by Crippen LogP contribution is -2.53. The first-order valence-electron chi connectivity index (χ1n) is 9.89. The van der Waals surface area contributed by atoms with Crippen LogP contribution in [0.25, 0.3) is 0 Å². The zero-order valence-corrected chi connectivity index (χ0v) is 16.4. The number of likely N-dealkylation sites (tertiary alicyclic amines) is 1. The van der Waals surface area contributed by atoms with Crippen molar-refractivity contribution in [1.82, 2.24) is 14.8 Å². The number of hydrogen-bond acceptors (Lipinski definition) is 6. The van der Waals surface area contributed by atoms with Crippen LogP contribution in [0.1, 0.15) is 31.2 Å². The van der Waals surface area contributed by atoms with E-state index in [1.165, 1.54) is 0 Å². The molecule has 1 N–H and O–H groups in total. The number of β-amino-alcohol motifs (C(OH)–C–C–N with tert-alkyl or cyclic N) is 1. The van der Waals surface area contributed by atoms with Gasteiger partial charge in [-0.05, 0) is 51.4 Å². The van der Waals surface area contributed by atoms with Crippen LogP contribution in [0.4, 0.5) is 0 Å². The van der Waals surface area contributed by atoms with Crippen molar-refractivity contribution in [3.05, 3.63) is 23.5 Å². The van der Waals surface area contributed by atoms with Crippen LogP contribution < -0.4 is 4.74 Å². The maximum Gasteiger partial charge on any atom is 0.260 e. The Bertz CT molecular complexity index is 648. The fraction of sp³-hybridized carbons (Fsp3) is 0.700. The highest BCUT2D eigenvalue weighted by Gasteiger charge is 2.36. The summed E-state index contributed by atoms with van der Waals surface area (Å²) in [4.78, 5) is 21.1. The molecule has 1 aromatic heterocycles. The SMILES string of the molecule is CCc1nc(C)ccc1OCC(=O)N1CCOCC(O)(CN2CCCC2)C1. The van der Waals surface area contributed by atoms with E-state index in [1.807, 2.05) is 26.0 Å². The van der Waals surface area contributed by atoms with Crippen LogP contribution >= 0.6 is 0 Å². The van der Waals surface area contributed by atoms with Crippen molar-refractivity contribution in [1.29, 1.82) is 0 Å². The third kappa shape index (κ3) is 5.40. The van der Waals surface area contributed by atoms with Gasteiger partial charge in [0.15, 0.2) is 6.61 Å². The van der Waals surface area contributed by atoms with Gasteiger partial charge >= 0.3 is 0 Å². The minimum atomic E-state index is -1.03. The maximum absolute atomic E-state index is 12.7. The lowest BCUT2D eigenvalue weighted by atomic mass is 10.0. The molecule has 2 aliphatic heterocycles. The summed E-state index contributed by atoms with van der Waals surface area (Å²) in [7, 11) is 0. The smallest absolute Gasteiger partial charge is 0.260 e. The van der Waals surface area contributed by atoms with Gasteiger partial charge in [0.25, 0.3) is 5.91 Å². The molecule has 3 heterocycles. The van der Waals surface area contributed by atoms with Crippen molar-refractivity contribution in [2.45, 2.75) is 38.7 Å². The van der Waals surface area contributed by atoms with E-state index in [2.05, 4.69) is 9.88 Å². The summed E-state index contributed by atoms with van der Waals surface area (Å²) in [5.74, 6) is 0.512. The van der Waals surface area contributed by atoms with Crippen molar-refractivity contribution < 1.29 is 19.4 Å². The third-order valence-corrected chi connectivity index (χ3v) is 5.19. The standard InChI is InChI=1S/C20H31N3O4/c1-3-17-18(7-6-16(2)21-17)27-12-19(24)23-10-11-26-15-20(25,14-23)13-22-8-4-5-9-22/h6-7,25H,3-5,8-15H2,1-2H3. The number of amides is 1. The predicted molar refractivity (Wildman–Crippen MR) is 102 cm³/mol. The number of rotatable bonds is 6. The largest absolute Gasteiger partial charge is 0.482 e. The summed E-state index contributed by atoms with van der Waals surface area (Å²) in [5, 5.41) is 11.0. The van der Waals surface area contributed by atoms with Crippen LogP contribution in [0.5, 0.6) is 5.75 Å². The zero-order chi connectivity index (χ0) is 19.3. The fourth-order valence-electron chi connectivity index (χ4n) is 3.80. The number of carbonyl (C=O) groups excluding carboxylic acids is 1. The third-order valence-electron chi connectivity index (χ3n) is 5.19. The van der Waals surface area contributed by atoms with Gasteiger partial charge in [0.1, 0.15) is 11.4 Å². The Labute approximate surface area is 161 Å². The van der Waals surface area contributed by atoms with Gasteiger partial charge in [-0.2, -0.15) is 0 Å². The van der Waals surface area contributed by atoms with Gasteiger partial charge < -0.3 is 24.4 Å². The van der Waals surface area contributed by atoms with Crippen LogP contribution in [0.15, 0.2) is 12.1 Å². The fourth-order valence-corrected chi connectivity index (χ4v) is 3.80. The number of hydrogen-bond donors (Lipinski definition) is 1. The Kier molecular flexibility index (Phi) is 6.68. The molecule has 0 radical (unpaired) electrons. The molecule has 27 heavy (non-hydrogen) atoms. The average Bonchev–Trinajstić information content (AvgIpc) is 3.07. The molecule has 1 aromatic rings. The van der Waals surface area contributed by atoms with Crippen molar-refractivity contribution in [2.24, 2.45) is 0 Å². The van der Waals surface area contributed by atoms with Crippen LogP contribution in [-0.4, -0.2) is 83.9 Å². The molecule has 7 nitrogen and oxygen atoms in total. The molecule has 2 saturated heterocycles. The number of aliphatic hydroxyl groups is 1. The molecule has 150 valence electrons. The molecule has 7 heteroatoms. The molecule has 3 rings (SSSR count). The molecule has 1 atom stereocenters.